The standard InChI is InChI=1S/C7H17O4Si/c1-8-6-5-7-12(9-2,10-3)11-4/h1,5-7H2,2-4H3. The number of hydrogen-bond donors (Lipinski definition) is 0. The first-order valence-electron chi connectivity index (χ1n) is 3.77. The zero-order valence-corrected chi connectivity index (χ0v) is 8.96. The lowest BCUT2D eigenvalue weighted by Gasteiger charge is -2.23. The normalized spacial score (nSPS) is 12.0. The lowest BCUT2D eigenvalue weighted by molar-refractivity contribution is 0.119. The monoisotopic (exact) mass is 193 g/mol. The Hall–Kier alpha value is 0.0569. The van der Waals surface area contributed by atoms with Gasteiger partial charge in [-0.15, -0.1) is 0 Å². The lowest BCUT2D eigenvalue weighted by Crippen LogP contribution is -2.42. The van der Waals surface area contributed by atoms with E-state index in [0.717, 1.165) is 12.5 Å². The Bertz CT molecular complexity index is 97.3. The minimum absolute atomic E-state index is 0.602. The van der Waals surface area contributed by atoms with E-state index in [1.54, 1.807) is 21.3 Å². The molecule has 0 rings (SSSR count). The second-order valence-electron chi connectivity index (χ2n) is 2.31. The van der Waals surface area contributed by atoms with Gasteiger partial charge in [0.15, 0.2) is 0 Å². The topological polar surface area (TPSA) is 36.9 Å². The Kier molecular flexibility index (Phi) is 6.59. The number of rotatable bonds is 7. The van der Waals surface area contributed by atoms with Crippen LogP contribution in [0.4, 0.5) is 0 Å². The van der Waals surface area contributed by atoms with Crippen molar-refractivity contribution in [2.75, 3.05) is 27.9 Å². The smallest absolute Gasteiger partial charge is 0.379 e. The van der Waals surface area contributed by atoms with Crippen LogP contribution < -0.4 is 0 Å². The first kappa shape index (κ1) is 12.1. The molecule has 0 aliphatic rings. The van der Waals surface area contributed by atoms with Gasteiger partial charge in [0.2, 0.25) is 0 Å². The van der Waals surface area contributed by atoms with Crippen molar-refractivity contribution in [1.29, 1.82) is 0 Å². The van der Waals surface area contributed by atoms with E-state index in [0.29, 0.717) is 6.61 Å². The predicted octanol–water partition coefficient (Wildman–Crippen LogP) is 1.06. The maximum absolute atomic E-state index is 5.20. The maximum atomic E-state index is 5.20. The highest BCUT2D eigenvalue weighted by molar-refractivity contribution is 6.60. The first-order chi connectivity index (χ1) is 5.74. The molecule has 12 heavy (non-hydrogen) atoms. The summed E-state index contributed by atoms with van der Waals surface area (Å²) in [5, 5.41) is 0. The summed E-state index contributed by atoms with van der Waals surface area (Å²) in [4.78, 5) is 0. The van der Waals surface area contributed by atoms with E-state index in [1.165, 1.54) is 0 Å². The molecule has 0 amide bonds. The Morgan fingerprint density at radius 1 is 1.08 bits per heavy atom. The molecule has 73 valence electrons. The van der Waals surface area contributed by atoms with Crippen molar-refractivity contribution in [1.82, 2.24) is 0 Å². The van der Waals surface area contributed by atoms with Crippen molar-refractivity contribution >= 4 is 8.80 Å². The van der Waals surface area contributed by atoms with E-state index in [2.05, 4.69) is 11.8 Å². The van der Waals surface area contributed by atoms with E-state index in [9.17, 15) is 0 Å². The molecule has 0 aromatic carbocycles. The molecule has 0 N–H and O–H groups in total. The van der Waals surface area contributed by atoms with Gasteiger partial charge in [-0.2, -0.15) is 0 Å². The largest absolute Gasteiger partial charge is 0.500 e. The summed E-state index contributed by atoms with van der Waals surface area (Å²) in [6, 6.07) is 0.756. The maximum Gasteiger partial charge on any atom is 0.500 e. The van der Waals surface area contributed by atoms with E-state index in [-0.39, 0.29) is 0 Å². The predicted molar refractivity (Wildman–Crippen MR) is 47.5 cm³/mol. The Balaban J connectivity index is 3.76. The van der Waals surface area contributed by atoms with Crippen LogP contribution in [0.2, 0.25) is 6.04 Å². The molecule has 0 heterocycles. The van der Waals surface area contributed by atoms with Gasteiger partial charge in [-0.3, -0.25) is 0 Å². The van der Waals surface area contributed by atoms with Crippen molar-refractivity contribution in [2.45, 2.75) is 12.5 Å². The third-order valence-electron chi connectivity index (χ3n) is 1.70. The molecule has 0 bridgehead atoms. The van der Waals surface area contributed by atoms with Crippen molar-refractivity contribution in [3.05, 3.63) is 7.11 Å². The zero-order valence-electron chi connectivity index (χ0n) is 7.96. The summed E-state index contributed by atoms with van der Waals surface area (Å²) in [7, 11) is 5.72. The van der Waals surface area contributed by atoms with Crippen LogP contribution in [0.25, 0.3) is 0 Å². The minimum Gasteiger partial charge on any atom is -0.379 e. The molecule has 0 saturated carbocycles. The third-order valence-corrected chi connectivity index (χ3v) is 4.54. The molecule has 0 aromatic rings. The molecule has 0 atom stereocenters. The number of hydrogen-bond acceptors (Lipinski definition) is 4. The Morgan fingerprint density at radius 3 is 1.92 bits per heavy atom. The Morgan fingerprint density at radius 2 is 1.58 bits per heavy atom. The van der Waals surface area contributed by atoms with Crippen molar-refractivity contribution in [2.24, 2.45) is 0 Å². The molecule has 0 saturated heterocycles. The molecular weight excluding hydrogens is 176 g/mol. The van der Waals surface area contributed by atoms with Gasteiger partial charge in [0.25, 0.3) is 0 Å². The van der Waals surface area contributed by atoms with Crippen LogP contribution >= 0.6 is 0 Å². The van der Waals surface area contributed by atoms with Crippen LogP contribution in [0.3, 0.4) is 0 Å². The molecule has 0 aromatic heterocycles. The quantitative estimate of drug-likeness (QED) is 0.447. The summed E-state index contributed by atoms with van der Waals surface area (Å²) < 4.78 is 20.3. The highest BCUT2D eigenvalue weighted by Crippen LogP contribution is 2.14. The van der Waals surface area contributed by atoms with Crippen molar-refractivity contribution in [3.63, 3.8) is 0 Å². The van der Waals surface area contributed by atoms with Gasteiger partial charge in [-0.1, -0.05) is 0 Å². The summed E-state index contributed by atoms with van der Waals surface area (Å²) in [6.07, 6.45) is 0.839. The van der Waals surface area contributed by atoms with Gasteiger partial charge >= 0.3 is 8.80 Å². The Labute approximate surface area is 75.1 Å². The average molecular weight is 193 g/mol. The van der Waals surface area contributed by atoms with Gasteiger partial charge in [0.1, 0.15) is 0 Å². The van der Waals surface area contributed by atoms with Crippen LogP contribution in [0, 0.1) is 7.11 Å². The van der Waals surface area contributed by atoms with Crippen LogP contribution in [-0.4, -0.2) is 36.7 Å². The molecule has 4 nitrogen and oxygen atoms in total. The molecule has 1 radical (unpaired) electrons. The van der Waals surface area contributed by atoms with Crippen LogP contribution in [0.1, 0.15) is 6.42 Å². The summed E-state index contributed by atoms with van der Waals surface area (Å²) in [5.74, 6) is 0. The molecule has 0 aliphatic carbocycles. The van der Waals surface area contributed by atoms with E-state index in [4.69, 9.17) is 13.3 Å². The molecule has 0 spiro atoms. The van der Waals surface area contributed by atoms with E-state index >= 15 is 0 Å². The summed E-state index contributed by atoms with van der Waals surface area (Å²) >= 11 is 0. The second kappa shape index (κ2) is 6.56. The first-order valence-corrected chi connectivity index (χ1v) is 5.70. The molecule has 0 unspecified atom stereocenters. The number of ether oxygens (including phenoxy) is 1. The highest BCUT2D eigenvalue weighted by atomic mass is 28.4. The van der Waals surface area contributed by atoms with Gasteiger partial charge < -0.3 is 18.0 Å². The van der Waals surface area contributed by atoms with Gasteiger partial charge in [0, 0.05) is 34.0 Å². The SMILES string of the molecule is [CH2]OCCC[Si](OC)(OC)OC. The fourth-order valence-corrected chi connectivity index (χ4v) is 2.64. The molecular formula is C7H17O4Si. The summed E-state index contributed by atoms with van der Waals surface area (Å²) in [5.41, 5.74) is 0. The van der Waals surface area contributed by atoms with E-state index < -0.39 is 8.80 Å². The fourth-order valence-electron chi connectivity index (χ4n) is 0.947. The highest BCUT2D eigenvalue weighted by Gasteiger charge is 2.36. The van der Waals surface area contributed by atoms with Crippen LogP contribution in [0.15, 0.2) is 0 Å². The third kappa shape index (κ3) is 3.64. The van der Waals surface area contributed by atoms with Crippen LogP contribution in [0.5, 0.6) is 0 Å². The van der Waals surface area contributed by atoms with Gasteiger partial charge in [0.05, 0.1) is 7.11 Å². The molecule has 0 aliphatic heterocycles. The zero-order chi connectivity index (χ0) is 9.45. The minimum atomic E-state index is -2.36. The van der Waals surface area contributed by atoms with Crippen molar-refractivity contribution < 1.29 is 18.0 Å². The average Bonchev–Trinajstić information content (AvgIpc) is 2.14. The summed E-state index contributed by atoms with van der Waals surface area (Å²) in [6.45, 7) is 0.602. The van der Waals surface area contributed by atoms with E-state index in [1.807, 2.05) is 0 Å². The van der Waals surface area contributed by atoms with Crippen LogP contribution in [-0.2, 0) is 18.0 Å². The van der Waals surface area contributed by atoms with Crippen molar-refractivity contribution in [3.8, 4) is 0 Å². The lowest BCUT2D eigenvalue weighted by atomic mass is 10.5. The van der Waals surface area contributed by atoms with Gasteiger partial charge in [-0.25, -0.2) is 0 Å². The molecule has 5 heteroatoms. The second-order valence-corrected chi connectivity index (χ2v) is 5.40. The molecule has 0 fully saturated rings. The fraction of sp³-hybridized carbons (Fsp3) is 0.857. The van der Waals surface area contributed by atoms with Gasteiger partial charge in [-0.05, 0) is 6.42 Å².